The van der Waals surface area contributed by atoms with Crippen LogP contribution in [-0.2, 0) is 14.1 Å². The van der Waals surface area contributed by atoms with Crippen LogP contribution in [0.25, 0.3) is 0 Å². The number of carbonyl (C=O) groups is 1. The molecule has 0 radical (unpaired) electrons. The van der Waals surface area contributed by atoms with Crippen molar-refractivity contribution in [2.45, 2.75) is 13.8 Å². The fraction of sp³-hybridized carbons (Fsp3) is 0.222. The second-order valence-corrected chi connectivity index (χ2v) is 10.1. The van der Waals surface area contributed by atoms with Gasteiger partial charge < -0.3 is 9.30 Å². The molecule has 1 unspecified atom stereocenters. The molecule has 5 nitrogen and oxygen atoms in total. The molecule has 25 heavy (non-hydrogen) atoms. The number of hydrazone groups is 1. The van der Waals surface area contributed by atoms with Crippen molar-refractivity contribution in [3.8, 4) is 0 Å². The molecule has 0 fully saturated rings. The number of nitrogens with zero attached hydrogens (tertiary/aromatic N) is 1. The molecule has 2 rings (SSSR count). The zero-order chi connectivity index (χ0) is 18.1. The van der Waals surface area contributed by atoms with E-state index in [9.17, 15) is 9.36 Å². The summed E-state index contributed by atoms with van der Waals surface area (Å²) in [5, 5.41) is 4.76. The van der Waals surface area contributed by atoms with Gasteiger partial charge in [-0.1, -0.05) is 66.8 Å². The van der Waals surface area contributed by atoms with Crippen molar-refractivity contribution in [3.63, 3.8) is 0 Å². The first kappa shape index (κ1) is 19.3. The van der Waals surface area contributed by atoms with E-state index in [4.69, 9.17) is 4.74 Å². The average Bonchev–Trinajstić information content (AvgIpc) is 2.64. The number of rotatable bonds is 8. The number of benzene rings is 2. The Morgan fingerprint density at radius 2 is 1.68 bits per heavy atom. The van der Waals surface area contributed by atoms with Crippen molar-refractivity contribution >= 4 is 40.1 Å². The number of para-hydroxylation sites is 1. The second kappa shape index (κ2) is 9.44. The van der Waals surface area contributed by atoms with Crippen LogP contribution in [0.1, 0.15) is 13.8 Å². The van der Waals surface area contributed by atoms with Gasteiger partial charge in [-0.25, -0.2) is 4.79 Å². The predicted molar refractivity (Wildman–Crippen MR) is 106 cm³/mol. The van der Waals surface area contributed by atoms with Crippen LogP contribution in [0.4, 0.5) is 5.69 Å². The van der Waals surface area contributed by atoms with Crippen LogP contribution in [0.5, 0.6) is 0 Å². The molecule has 2 aromatic rings. The van der Waals surface area contributed by atoms with Crippen molar-refractivity contribution in [3.05, 3.63) is 60.7 Å². The maximum absolute atomic E-state index is 13.7. The summed E-state index contributed by atoms with van der Waals surface area (Å²) < 4.78 is 18.9. The average molecular weight is 376 g/mol. The highest BCUT2D eigenvalue weighted by atomic mass is 32.7. The quantitative estimate of drug-likeness (QED) is 0.321. The Morgan fingerprint density at radius 3 is 2.24 bits per heavy atom. The predicted octanol–water partition coefficient (Wildman–Crippen LogP) is 4.33. The Bertz CT molecular complexity index is 766. The van der Waals surface area contributed by atoms with Crippen molar-refractivity contribution in [2.75, 3.05) is 17.8 Å². The molecule has 0 heterocycles. The summed E-state index contributed by atoms with van der Waals surface area (Å²) in [5.41, 5.74) is 3.43. The third kappa shape index (κ3) is 4.97. The third-order valence-corrected chi connectivity index (χ3v) is 8.67. The van der Waals surface area contributed by atoms with E-state index in [1.807, 2.05) is 43.3 Å². The van der Waals surface area contributed by atoms with Gasteiger partial charge >= 0.3 is 5.97 Å². The van der Waals surface area contributed by atoms with Gasteiger partial charge in [0.1, 0.15) is 0 Å². The number of nitrogens with one attached hydrogen (secondary N) is 1. The zero-order valence-electron chi connectivity index (χ0n) is 14.2. The van der Waals surface area contributed by atoms with Gasteiger partial charge in [0.05, 0.1) is 12.3 Å². The van der Waals surface area contributed by atoms with Crippen molar-refractivity contribution in [1.29, 1.82) is 0 Å². The second-order valence-electron chi connectivity index (χ2n) is 4.94. The summed E-state index contributed by atoms with van der Waals surface area (Å²) in [6.45, 7) is 3.79. The molecule has 0 saturated heterocycles. The fourth-order valence-corrected chi connectivity index (χ4v) is 6.67. The van der Waals surface area contributed by atoms with Crippen LogP contribution in [-0.4, -0.2) is 23.8 Å². The van der Waals surface area contributed by atoms with Gasteiger partial charge in [-0.3, -0.25) is 5.43 Å². The van der Waals surface area contributed by atoms with Crippen LogP contribution < -0.4 is 10.7 Å². The van der Waals surface area contributed by atoms with E-state index >= 15 is 0 Å². The van der Waals surface area contributed by atoms with Crippen molar-refractivity contribution in [1.82, 2.24) is 0 Å². The fourth-order valence-electron chi connectivity index (χ4n) is 2.12. The van der Waals surface area contributed by atoms with E-state index < -0.39 is 12.3 Å². The lowest BCUT2D eigenvalue weighted by atomic mass is 10.3. The normalized spacial score (nSPS) is 13.8. The highest BCUT2D eigenvalue weighted by Gasteiger charge is 2.37. The van der Waals surface area contributed by atoms with Gasteiger partial charge in [-0.15, -0.1) is 0 Å². The molecule has 1 atom stereocenters. The maximum Gasteiger partial charge on any atom is 0.363 e. The molecule has 0 saturated carbocycles. The van der Waals surface area contributed by atoms with Crippen LogP contribution in [0.2, 0.25) is 0 Å². The van der Waals surface area contributed by atoms with Gasteiger partial charge in [0.15, 0.2) is 0 Å². The molecule has 0 spiro atoms. The highest BCUT2D eigenvalue weighted by molar-refractivity contribution is 8.65. The Morgan fingerprint density at radius 1 is 1.08 bits per heavy atom. The van der Waals surface area contributed by atoms with Gasteiger partial charge in [0.25, 0.3) is 0 Å². The lowest BCUT2D eigenvalue weighted by Crippen LogP contribution is -2.23. The van der Waals surface area contributed by atoms with Crippen LogP contribution in [0.15, 0.2) is 65.8 Å². The summed E-state index contributed by atoms with van der Waals surface area (Å²) in [5.74, 6) is -0.0882. The maximum atomic E-state index is 13.7. The summed E-state index contributed by atoms with van der Waals surface area (Å²) in [4.78, 5) is 12.5. The molecule has 0 aliphatic heterocycles. The molecule has 0 aromatic heterocycles. The SMILES string of the molecule is CCOC(=O)C(=NNc1ccccc1)P(=O)(SCC)c1ccccc1. The van der Waals surface area contributed by atoms with Gasteiger partial charge in [-0.2, -0.15) is 5.10 Å². The van der Waals surface area contributed by atoms with Gasteiger partial charge in [-0.05, 0) is 24.8 Å². The van der Waals surface area contributed by atoms with E-state index in [2.05, 4.69) is 10.5 Å². The Kier molecular flexibility index (Phi) is 7.29. The largest absolute Gasteiger partial charge is 0.461 e. The molecule has 0 bridgehead atoms. The Hall–Kier alpha value is -2.04. The van der Waals surface area contributed by atoms with E-state index in [-0.39, 0.29) is 12.1 Å². The van der Waals surface area contributed by atoms with E-state index in [0.29, 0.717) is 16.7 Å². The molecule has 7 heteroatoms. The lowest BCUT2D eigenvalue weighted by molar-refractivity contribution is -0.134. The van der Waals surface area contributed by atoms with E-state index in [1.54, 1.807) is 31.2 Å². The van der Waals surface area contributed by atoms with Crippen molar-refractivity contribution < 1.29 is 14.1 Å². The molecular weight excluding hydrogens is 355 g/mol. The molecule has 1 N–H and O–H groups in total. The molecule has 0 aliphatic rings. The van der Waals surface area contributed by atoms with Crippen LogP contribution in [0.3, 0.4) is 0 Å². The van der Waals surface area contributed by atoms with Crippen molar-refractivity contribution in [2.24, 2.45) is 5.10 Å². The van der Waals surface area contributed by atoms with Crippen LogP contribution in [0, 0.1) is 0 Å². The zero-order valence-corrected chi connectivity index (χ0v) is 15.9. The van der Waals surface area contributed by atoms with E-state index in [0.717, 1.165) is 0 Å². The monoisotopic (exact) mass is 376 g/mol. The standard InChI is InChI=1S/C18H21N2O3PS/c1-3-23-18(21)17(20-19-15-11-7-5-8-12-15)24(22,25-4-2)16-13-9-6-10-14-16/h5-14,19H,3-4H2,1-2H3. The first-order valence-electron chi connectivity index (χ1n) is 7.98. The lowest BCUT2D eigenvalue weighted by Gasteiger charge is -2.18. The molecule has 0 amide bonds. The summed E-state index contributed by atoms with van der Waals surface area (Å²) in [6, 6.07) is 18.1. The molecule has 132 valence electrons. The topological polar surface area (TPSA) is 67.8 Å². The summed E-state index contributed by atoms with van der Waals surface area (Å²) >= 11 is 1.21. The number of esters is 1. The number of carbonyl (C=O) groups excluding carboxylic acids is 1. The Labute approximate surface area is 152 Å². The highest BCUT2D eigenvalue weighted by Crippen LogP contribution is 2.58. The van der Waals surface area contributed by atoms with Gasteiger partial charge in [0, 0.05) is 5.30 Å². The third-order valence-electron chi connectivity index (χ3n) is 3.21. The minimum Gasteiger partial charge on any atom is -0.461 e. The first-order valence-corrected chi connectivity index (χ1v) is 11.3. The minimum atomic E-state index is -3.28. The van der Waals surface area contributed by atoms with E-state index in [1.165, 1.54) is 11.4 Å². The number of hydrogen-bond acceptors (Lipinski definition) is 6. The summed E-state index contributed by atoms with van der Waals surface area (Å²) in [7, 11) is 0. The number of ether oxygens (including phenoxy) is 1. The molecular formula is C18H21N2O3PS. The first-order chi connectivity index (χ1) is 12.1. The smallest absolute Gasteiger partial charge is 0.363 e. The molecule has 0 aliphatic carbocycles. The minimum absolute atomic E-state index is 0.0868. The Balaban J connectivity index is 2.47. The summed E-state index contributed by atoms with van der Waals surface area (Å²) in [6.07, 6.45) is -3.28. The number of anilines is 1. The number of hydrogen-bond donors (Lipinski definition) is 1. The van der Waals surface area contributed by atoms with Gasteiger partial charge in [0.2, 0.25) is 11.8 Å². The van der Waals surface area contributed by atoms with Crippen LogP contribution >= 0.6 is 17.7 Å². The molecule has 2 aromatic carbocycles.